The highest BCUT2D eigenvalue weighted by Gasteiger charge is 2.21. The number of amides is 2. The summed E-state index contributed by atoms with van der Waals surface area (Å²) in [6.45, 7) is 5.81. The predicted octanol–water partition coefficient (Wildman–Crippen LogP) is 4.02. The second-order valence-corrected chi connectivity index (χ2v) is 6.51. The lowest BCUT2D eigenvalue weighted by molar-refractivity contribution is -0.122. The monoisotopic (exact) mass is 384 g/mol. The van der Waals surface area contributed by atoms with Crippen molar-refractivity contribution in [1.82, 2.24) is 5.32 Å². The van der Waals surface area contributed by atoms with Crippen LogP contribution >= 0.6 is 0 Å². The Morgan fingerprint density at radius 1 is 0.964 bits per heavy atom. The third kappa shape index (κ3) is 5.74. The number of benzene rings is 2. The van der Waals surface area contributed by atoms with E-state index in [1.54, 1.807) is 55.6 Å². The second kappa shape index (κ2) is 10.3. The van der Waals surface area contributed by atoms with Crippen molar-refractivity contribution < 1.29 is 19.1 Å². The van der Waals surface area contributed by atoms with Crippen LogP contribution in [0.2, 0.25) is 0 Å². The van der Waals surface area contributed by atoms with E-state index in [-0.39, 0.29) is 17.9 Å². The summed E-state index contributed by atoms with van der Waals surface area (Å²) in [6.07, 6.45) is 0.631. The molecule has 28 heavy (non-hydrogen) atoms. The van der Waals surface area contributed by atoms with Crippen molar-refractivity contribution in [2.45, 2.75) is 45.8 Å². The molecule has 0 saturated carbocycles. The molecule has 6 nitrogen and oxygen atoms in total. The van der Waals surface area contributed by atoms with Gasteiger partial charge in [0.2, 0.25) is 0 Å². The van der Waals surface area contributed by atoms with Crippen LogP contribution in [-0.4, -0.2) is 31.1 Å². The average Bonchev–Trinajstić information content (AvgIpc) is 2.72. The fraction of sp³-hybridized carbons (Fsp3) is 0.364. The van der Waals surface area contributed by atoms with Crippen LogP contribution < -0.4 is 20.1 Å². The molecule has 0 spiro atoms. The van der Waals surface area contributed by atoms with Crippen molar-refractivity contribution in [1.29, 1.82) is 0 Å². The number of carbonyl (C=O) groups excluding carboxylic acids is 2. The quantitative estimate of drug-likeness (QED) is 0.685. The van der Waals surface area contributed by atoms with Gasteiger partial charge in [0, 0.05) is 6.04 Å². The lowest BCUT2D eigenvalue weighted by Crippen LogP contribution is -2.35. The minimum absolute atomic E-state index is 0.0538. The molecule has 2 aromatic carbocycles. The van der Waals surface area contributed by atoms with Crippen molar-refractivity contribution in [2.75, 3.05) is 12.4 Å². The molecule has 0 aliphatic heterocycles. The maximum atomic E-state index is 12.7. The zero-order chi connectivity index (χ0) is 20.5. The minimum atomic E-state index is -0.681. The third-order valence-electron chi connectivity index (χ3n) is 4.42. The molecule has 0 fully saturated rings. The highest BCUT2D eigenvalue weighted by molar-refractivity contribution is 6.04. The standard InChI is InChI=1S/C22H28N2O4/c1-5-15(3)23-21(25)18-9-7-8-10-19(18)24-22(26)20(6-2)28-17-13-11-16(27-4)12-14-17/h7-15,20H,5-6H2,1-4H3,(H,23,25)(H,24,26)/t15-,20-/m1/s1. The zero-order valence-electron chi connectivity index (χ0n) is 16.8. The molecule has 0 bridgehead atoms. The van der Waals surface area contributed by atoms with Gasteiger partial charge in [-0.3, -0.25) is 9.59 Å². The molecule has 2 amide bonds. The lowest BCUT2D eigenvalue weighted by Gasteiger charge is -2.19. The number of hydrogen-bond donors (Lipinski definition) is 2. The van der Waals surface area contributed by atoms with Crippen LogP contribution in [0.1, 0.15) is 44.0 Å². The summed E-state index contributed by atoms with van der Waals surface area (Å²) in [5.74, 6) is 0.771. The molecule has 2 rings (SSSR count). The van der Waals surface area contributed by atoms with Gasteiger partial charge in [0.15, 0.2) is 6.10 Å². The summed E-state index contributed by atoms with van der Waals surface area (Å²) in [7, 11) is 1.59. The van der Waals surface area contributed by atoms with E-state index in [1.807, 2.05) is 20.8 Å². The average molecular weight is 384 g/mol. The summed E-state index contributed by atoms with van der Waals surface area (Å²) in [6, 6.07) is 14.1. The van der Waals surface area contributed by atoms with Gasteiger partial charge in [0.1, 0.15) is 11.5 Å². The lowest BCUT2D eigenvalue weighted by atomic mass is 10.1. The van der Waals surface area contributed by atoms with Crippen molar-refractivity contribution >= 4 is 17.5 Å². The molecule has 0 unspecified atom stereocenters. The molecule has 0 aromatic heterocycles. The molecule has 2 N–H and O–H groups in total. The molecule has 0 heterocycles. The van der Waals surface area contributed by atoms with E-state index < -0.39 is 6.10 Å². The highest BCUT2D eigenvalue weighted by Crippen LogP contribution is 2.21. The van der Waals surface area contributed by atoms with E-state index in [9.17, 15) is 9.59 Å². The largest absolute Gasteiger partial charge is 0.497 e. The predicted molar refractivity (Wildman–Crippen MR) is 110 cm³/mol. The Bertz CT molecular complexity index is 789. The van der Waals surface area contributed by atoms with Gasteiger partial charge in [0.25, 0.3) is 11.8 Å². The summed E-state index contributed by atoms with van der Waals surface area (Å²) in [4.78, 5) is 25.2. The fourth-order valence-electron chi connectivity index (χ4n) is 2.55. The summed E-state index contributed by atoms with van der Waals surface area (Å²) in [5.41, 5.74) is 0.889. The van der Waals surface area contributed by atoms with Gasteiger partial charge in [0.05, 0.1) is 18.4 Å². The van der Waals surface area contributed by atoms with Crippen molar-refractivity contribution in [3.63, 3.8) is 0 Å². The van der Waals surface area contributed by atoms with E-state index in [4.69, 9.17) is 9.47 Å². The Morgan fingerprint density at radius 3 is 2.21 bits per heavy atom. The molecular weight excluding hydrogens is 356 g/mol. The van der Waals surface area contributed by atoms with E-state index >= 15 is 0 Å². The SMILES string of the molecule is CC[C@@H](C)NC(=O)c1ccccc1NC(=O)[C@@H](CC)Oc1ccc(OC)cc1. The van der Waals surface area contributed by atoms with E-state index in [1.165, 1.54) is 0 Å². The Balaban J connectivity index is 2.10. The van der Waals surface area contributed by atoms with Gasteiger partial charge in [-0.15, -0.1) is 0 Å². The Hall–Kier alpha value is -3.02. The van der Waals surface area contributed by atoms with Crippen LogP contribution in [0.15, 0.2) is 48.5 Å². The molecule has 2 atom stereocenters. The number of rotatable bonds is 9. The second-order valence-electron chi connectivity index (χ2n) is 6.51. The summed E-state index contributed by atoms with van der Waals surface area (Å²) in [5, 5.41) is 5.75. The third-order valence-corrected chi connectivity index (χ3v) is 4.42. The van der Waals surface area contributed by atoms with Crippen LogP contribution in [0.25, 0.3) is 0 Å². The molecule has 2 aromatic rings. The maximum absolute atomic E-state index is 12.7. The molecule has 0 aliphatic rings. The van der Waals surface area contributed by atoms with Gasteiger partial charge in [-0.25, -0.2) is 0 Å². The van der Waals surface area contributed by atoms with Crippen LogP contribution in [0.4, 0.5) is 5.69 Å². The van der Waals surface area contributed by atoms with Gasteiger partial charge >= 0.3 is 0 Å². The van der Waals surface area contributed by atoms with Gasteiger partial charge in [-0.05, 0) is 56.2 Å². The molecule has 6 heteroatoms. The van der Waals surface area contributed by atoms with Crippen molar-refractivity contribution in [3.8, 4) is 11.5 Å². The first-order valence-electron chi connectivity index (χ1n) is 9.49. The Kier molecular flexibility index (Phi) is 7.87. The van der Waals surface area contributed by atoms with E-state index in [0.717, 1.165) is 6.42 Å². The first-order valence-corrected chi connectivity index (χ1v) is 9.49. The number of carbonyl (C=O) groups is 2. The zero-order valence-corrected chi connectivity index (χ0v) is 16.8. The number of para-hydroxylation sites is 1. The fourth-order valence-corrected chi connectivity index (χ4v) is 2.55. The van der Waals surface area contributed by atoms with Crippen molar-refractivity contribution in [3.05, 3.63) is 54.1 Å². The maximum Gasteiger partial charge on any atom is 0.265 e. The van der Waals surface area contributed by atoms with Gasteiger partial charge in [-0.1, -0.05) is 26.0 Å². The molecule has 0 radical (unpaired) electrons. The van der Waals surface area contributed by atoms with Crippen LogP contribution in [-0.2, 0) is 4.79 Å². The minimum Gasteiger partial charge on any atom is -0.497 e. The van der Waals surface area contributed by atoms with Crippen LogP contribution in [0.3, 0.4) is 0 Å². The first-order chi connectivity index (χ1) is 13.5. The molecule has 0 saturated heterocycles. The number of anilines is 1. The van der Waals surface area contributed by atoms with E-state index in [0.29, 0.717) is 29.2 Å². The normalized spacial score (nSPS) is 12.6. The van der Waals surface area contributed by atoms with Gasteiger partial charge < -0.3 is 20.1 Å². The van der Waals surface area contributed by atoms with Crippen molar-refractivity contribution in [2.24, 2.45) is 0 Å². The van der Waals surface area contributed by atoms with Crippen LogP contribution in [0, 0.1) is 0 Å². The van der Waals surface area contributed by atoms with Crippen LogP contribution in [0.5, 0.6) is 11.5 Å². The summed E-state index contributed by atoms with van der Waals surface area (Å²) < 4.78 is 10.9. The Labute approximate surface area is 166 Å². The smallest absolute Gasteiger partial charge is 0.265 e. The number of hydrogen-bond acceptors (Lipinski definition) is 4. The number of methoxy groups -OCH3 is 1. The molecule has 150 valence electrons. The van der Waals surface area contributed by atoms with E-state index in [2.05, 4.69) is 10.6 Å². The van der Waals surface area contributed by atoms with Gasteiger partial charge in [-0.2, -0.15) is 0 Å². The first kappa shape index (κ1) is 21.3. The Morgan fingerprint density at radius 2 is 1.61 bits per heavy atom. The number of nitrogens with one attached hydrogen (secondary N) is 2. The topological polar surface area (TPSA) is 76.7 Å². The molecular formula is C22H28N2O4. The highest BCUT2D eigenvalue weighted by atomic mass is 16.5. The summed E-state index contributed by atoms with van der Waals surface area (Å²) >= 11 is 0. The number of ether oxygens (including phenoxy) is 2. The molecule has 0 aliphatic carbocycles.